The first-order valence-electron chi connectivity index (χ1n) is 10.6. The third-order valence-electron chi connectivity index (χ3n) is 5.63. The number of ether oxygens (including phenoxy) is 1. The van der Waals surface area contributed by atoms with Gasteiger partial charge in [0.2, 0.25) is 5.91 Å². The Labute approximate surface area is 185 Å². The number of halogens is 2. The van der Waals surface area contributed by atoms with Crippen LogP contribution in [0.5, 0.6) is 5.75 Å². The van der Waals surface area contributed by atoms with E-state index in [2.05, 4.69) is 9.97 Å². The molecule has 3 aromatic rings. The molecule has 0 aliphatic carbocycles. The van der Waals surface area contributed by atoms with Gasteiger partial charge in [-0.3, -0.25) is 4.79 Å². The predicted octanol–water partition coefficient (Wildman–Crippen LogP) is 4.92. The number of carbonyl (C=O) groups excluding carboxylic acids is 1. The van der Waals surface area contributed by atoms with Gasteiger partial charge in [0.15, 0.2) is 0 Å². The summed E-state index contributed by atoms with van der Waals surface area (Å²) in [6.45, 7) is 3.03. The number of hydrogen-bond donors (Lipinski definition) is 1. The first-order chi connectivity index (χ1) is 15.4. The molecule has 4 rings (SSSR count). The van der Waals surface area contributed by atoms with E-state index in [9.17, 15) is 13.6 Å². The number of aryl methyl sites for hydroxylation is 1. The van der Waals surface area contributed by atoms with Gasteiger partial charge in [0.1, 0.15) is 23.2 Å². The zero-order valence-corrected chi connectivity index (χ0v) is 18.1. The maximum absolute atomic E-state index is 14.9. The fourth-order valence-electron chi connectivity index (χ4n) is 3.91. The Morgan fingerprint density at radius 1 is 1.22 bits per heavy atom. The zero-order chi connectivity index (χ0) is 22.7. The fourth-order valence-corrected chi connectivity index (χ4v) is 3.91. The number of nitrogens with zero attached hydrogens (tertiary/aromatic N) is 2. The van der Waals surface area contributed by atoms with E-state index in [4.69, 9.17) is 4.74 Å². The van der Waals surface area contributed by atoms with Crippen LogP contribution in [-0.4, -0.2) is 41.0 Å². The van der Waals surface area contributed by atoms with E-state index in [-0.39, 0.29) is 11.7 Å². The molecule has 166 valence electrons. The summed E-state index contributed by atoms with van der Waals surface area (Å²) >= 11 is 0. The molecule has 7 heteroatoms. The van der Waals surface area contributed by atoms with Crippen molar-refractivity contribution in [2.24, 2.45) is 0 Å². The van der Waals surface area contributed by atoms with Gasteiger partial charge in [-0.15, -0.1) is 0 Å². The third-order valence-corrected chi connectivity index (χ3v) is 5.63. The lowest BCUT2D eigenvalue weighted by Crippen LogP contribution is -2.38. The summed E-state index contributed by atoms with van der Waals surface area (Å²) < 4.78 is 33.5. The summed E-state index contributed by atoms with van der Waals surface area (Å²) in [6.07, 6.45) is 5.39. The van der Waals surface area contributed by atoms with E-state index in [1.54, 1.807) is 35.4 Å². The van der Waals surface area contributed by atoms with Crippen molar-refractivity contribution in [3.8, 4) is 17.1 Å². The molecule has 5 nitrogen and oxygen atoms in total. The quantitative estimate of drug-likeness (QED) is 0.557. The lowest BCUT2D eigenvalue weighted by Gasteiger charge is -2.28. The van der Waals surface area contributed by atoms with E-state index in [0.717, 1.165) is 17.7 Å². The number of imidazole rings is 1. The lowest BCUT2D eigenvalue weighted by atomic mass is 9.99. The molecule has 1 amide bonds. The number of aromatic nitrogens is 2. The number of likely N-dealkylation sites (tertiary alicyclic amines) is 1. The summed E-state index contributed by atoms with van der Waals surface area (Å²) in [4.78, 5) is 22.1. The van der Waals surface area contributed by atoms with Crippen molar-refractivity contribution in [3.63, 3.8) is 0 Å². The van der Waals surface area contributed by atoms with Crippen LogP contribution in [-0.2, 0) is 11.2 Å². The van der Waals surface area contributed by atoms with Crippen LogP contribution in [0.1, 0.15) is 29.7 Å². The maximum Gasteiger partial charge on any atom is 0.249 e. The Bertz CT molecular complexity index is 1150. The minimum absolute atomic E-state index is 0.0949. The summed E-state index contributed by atoms with van der Waals surface area (Å²) in [5.41, 5.74) is 3.16. The van der Waals surface area contributed by atoms with E-state index >= 15 is 0 Å². The van der Waals surface area contributed by atoms with Gasteiger partial charge in [-0.25, -0.2) is 13.8 Å². The van der Waals surface area contributed by atoms with Crippen molar-refractivity contribution in [1.82, 2.24) is 14.9 Å². The second kappa shape index (κ2) is 9.34. The Hall–Kier alpha value is -3.48. The van der Waals surface area contributed by atoms with E-state index < -0.39 is 5.82 Å². The highest BCUT2D eigenvalue weighted by molar-refractivity contribution is 5.98. The van der Waals surface area contributed by atoms with Crippen LogP contribution in [0.25, 0.3) is 17.5 Å². The molecule has 0 atom stereocenters. The van der Waals surface area contributed by atoms with Crippen LogP contribution in [0.3, 0.4) is 0 Å². The lowest BCUT2D eigenvalue weighted by molar-refractivity contribution is -0.128. The second-order valence-electron chi connectivity index (χ2n) is 7.91. The molecular formula is C25H25F2N3O2. The fraction of sp³-hybridized carbons (Fsp3) is 0.280. The van der Waals surface area contributed by atoms with E-state index in [0.29, 0.717) is 54.2 Å². The molecule has 2 heterocycles. The van der Waals surface area contributed by atoms with Gasteiger partial charge < -0.3 is 14.6 Å². The number of benzene rings is 2. The highest BCUT2D eigenvalue weighted by atomic mass is 19.1. The molecule has 1 fully saturated rings. The monoisotopic (exact) mass is 437 g/mol. The van der Waals surface area contributed by atoms with Gasteiger partial charge in [-0.1, -0.05) is 12.1 Å². The molecule has 0 spiro atoms. The molecule has 1 aromatic heterocycles. The molecule has 0 saturated carbocycles. The molecule has 1 saturated heterocycles. The molecule has 1 aliphatic heterocycles. The Balaban J connectivity index is 1.54. The molecule has 0 bridgehead atoms. The molecule has 0 radical (unpaired) electrons. The van der Waals surface area contributed by atoms with Gasteiger partial charge in [0.05, 0.1) is 18.4 Å². The second-order valence-corrected chi connectivity index (χ2v) is 7.91. The van der Waals surface area contributed by atoms with Crippen LogP contribution in [0.15, 0.2) is 48.2 Å². The number of H-pyrrole nitrogens is 1. The van der Waals surface area contributed by atoms with Crippen LogP contribution < -0.4 is 4.74 Å². The Morgan fingerprint density at radius 2 is 2.00 bits per heavy atom. The smallest absolute Gasteiger partial charge is 0.249 e. The van der Waals surface area contributed by atoms with Crippen molar-refractivity contribution in [1.29, 1.82) is 0 Å². The molecule has 2 aromatic carbocycles. The van der Waals surface area contributed by atoms with Crippen LogP contribution in [0.4, 0.5) is 8.78 Å². The van der Waals surface area contributed by atoms with Crippen LogP contribution in [0.2, 0.25) is 0 Å². The van der Waals surface area contributed by atoms with Gasteiger partial charge in [0.25, 0.3) is 0 Å². The van der Waals surface area contributed by atoms with Crippen molar-refractivity contribution in [2.45, 2.75) is 26.2 Å². The maximum atomic E-state index is 14.9. The van der Waals surface area contributed by atoms with Gasteiger partial charge in [-0.05, 0) is 62.1 Å². The number of aromatic amines is 1. The first-order valence-corrected chi connectivity index (χ1v) is 10.6. The third kappa shape index (κ3) is 4.72. The summed E-state index contributed by atoms with van der Waals surface area (Å²) in [5, 5.41) is 0. The number of methoxy groups -OCH3 is 1. The van der Waals surface area contributed by atoms with Gasteiger partial charge >= 0.3 is 0 Å². The average molecular weight is 437 g/mol. The minimum atomic E-state index is -0.446. The number of hydrogen-bond acceptors (Lipinski definition) is 3. The largest absolute Gasteiger partial charge is 0.496 e. The number of amides is 1. The summed E-state index contributed by atoms with van der Waals surface area (Å²) in [5.74, 6) is 0.182. The molecule has 1 aliphatic rings. The highest BCUT2D eigenvalue weighted by Gasteiger charge is 2.24. The number of piperidine rings is 1. The molecule has 32 heavy (non-hydrogen) atoms. The SMILES string of the molecule is COc1cc(/C=C2\CCCN(CCc3ccc(F)cc3)C2=O)c(F)cc1-c1nc(C)c[nH]1. The summed E-state index contributed by atoms with van der Waals surface area (Å²) in [7, 11) is 1.52. The highest BCUT2D eigenvalue weighted by Crippen LogP contribution is 2.32. The number of carbonyl (C=O) groups is 1. The molecule has 1 N–H and O–H groups in total. The van der Waals surface area contributed by atoms with Crippen LogP contribution in [0, 0.1) is 18.6 Å². The van der Waals surface area contributed by atoms with Crippen molar-refractivity contribution in [3.05, 3.63) is 76.6 Å². The van der Waals surface area contributed by atoms with Crippen molar-refractivity contribution < 1.29 is 18.3 Å². The number of rotatable bonds is 6. The Kier molecular flexibility index (Phi) is 6.35. The van der Waals surface area contributed by atoms with Gasteiger partial charge in [-0.2, -0.15) is 0 Å². The van der Waals surface area contributed by atoms with E-state index in [1.165, 1.54) is 25.3 Å². The van der Waals surface area contributed by atoms with Crippen molar-refractivity contribution >= 4 is 12.0 Å². The van der Waals surface area contributed by atoms with Gasteiger partial charge in [0, 0.05) is 30.4 Å². The topological polar surface area (TPSA) is 58.2 Å². The minimum Gasteiger partial charge on any atom is -0.496 e. The average Bonchev–Trinajstić information content (AvgIpc) is 3.22. The Morgan fingerprint density at radius 3 is 2.69 bits per heavy atom. The van der Waals surface area contributed by atoms with E-state index in [1.807, 2.05) is 6.92 Å². The normalized spacial score (nSPS) is 15.4. The molecular weight excluding hydrogens is 412 g/mol. The zero-order valence-electron chi connectivity index (χ0n) is 18.1. The molecule has 0 unspecified atom stereocenters. The van der Waals surface area contributed by atoms with Crippen molar-refractivity contribution in [2.75, 3.05) is 20.2 Å². The standard InChI is InChI=1S/C25H25F2N3O2/c1-16-15-28-24(29-16)21-14-22(27)19(13-23(21)32-2)12-18-4-3-10-30(25(18)31)11-9-17-5-7-20(26)8-6-17/h5-8,12-15H,3-4,9-11H2,1-2H3,(H,28,29)/b18-12+. The summed E-state index contributed by atoms with van der Waals surface area (Å²) in [6, 6.07) is 9.27. The first kappa shape index (κ1) is 21.7. The van der Waals surface area contributed by atoms with Crippen LogP contribution >= 0.6 is 0 Å². The number of nitrogens with one attached hydrogen (secondary N) is 1. The predicted molar refractivity (Wildman–Crippen MR) is 119 cm³/mol.